The average molecular weight is 230 g/mol. The van der Waals surface area contributed by atoms with Crippen LogP contribution in [0.3, 0.4) is 0 Å². The van der Waals surface area contributed by atoms with Crippen molar-refractivity contribution in [2.24, 2.45) is 0 Å². The Hall–Kier alpha value is 0.114. The standard InChI is InChI=1S/C6H8NO2.CH3.Y/c1-5(8)7-3-2-6(9)4-7;;/h1-4H2;1H3;/q2*-1;. The molecule has 1 aliphatic heterocycles. The van der Waals surface area contributed by atoms with Crippen molar-refractivity contribution in [1.82, 2.24) is 4.90 Å². The molecule has 1 fully saturated rings. The van der Waals surface area contributed by atoms with E-state index >= 15 is 0 Å². The van der Waals surface area contributed by atoms with E-state index in [1.165, 1.54) is 4.90 Å². The fraction of sp³-hybridized carbons (Fsp3) is 0.429. The molecule has 4 heteroatoms. The fourth-order valence-electron chi connectivity index (χ4n) is 0.844. The first-order valence-electron chi connectivity index (χ1n) is 2.82. The Bertz CT molecular complexity index is 159. The van der Waals surface area contributed by atoms with Gasteiger partial charge in [0.05, 0.1) is 12.5 Å². The minimum atomic E-state index is -0.249. The smallest absolute Gasteiger partial charge is 0.153 e. The average Bonchev–Trinajstić information content (AvgIpc) is 2.14. The number of carbonyl (C=O) groups is 2. The molecule has 61 valence electrons. The molecular formula is C7H11NO2Y-2. The van der Waals surface area contributed by atoms with Gasteiger partial charge in [0.15, 0.2) is 5.78 Å². The number of likely N-dealkylation sites (tertiary alicyclic amines) is 1. The Balaban J connectivity index is 0. The van der Waals surface area contributed by atoms with E-state index in [0.29, 0.717) is 13.0 Å². The SMILES string of the molecule is [CH2-]C(=O)N1CCC(=O)C1.[CH3-].[Y]. The maximum atomic E-state index is 10.5. The van der Waals surface area contributed by atoms with Crippen molar-refractivity contribution in [2.45, 2.75) is 6.42 Å². The van der Waals surface area contributed by atoms with E-state index in [1.54, 1.807) is 0 Å². The second-order valence-electron chi connectivity index (χ2n) is 2.10. The quantitative estimate of drug-likeness (QED) is 0.552. The van der Waals surface area contributed by atoms with Gasteiger partial charge in [0.1, 0.15) is 0 Å². The van der Waals surface area contributed by atoms with Gasteiger partial charge in [0.2, 0.25) is 0 Å². The van der Waals surface area contributed by atoms with Crippen molar-refractivity contribution in [2.75, 3.05) is 13.1 Å². The first kappa shape index (κ1) is 13.7. The molecule has 0 aliphatic carbocycles. The molecule has 0 aromatic heterocycles. The van der Waals surface area contributed by atoms with Crippen molar-refractivity contribution in [3.63, 3.8) is 0 Å². The molecule has 1 heterocycles. The fourth-order valence-corrected chi connectivity index (χ4v) is 0.844. The zero-order valence-electron chi connectivity index (χ0n) is 6.67. The number of hydrogen-bond donors (Lipinski definition) is 0. The number of nitrogens with zero attached hydrogens (tertiary/aromatic N) is 1. The van der Waals surface area contributed by atoms with Gasteiger partial charge >= 0.3 is 0 Å². The van der Waals surface area contributed by atoms with Gasteiger partial charge in [0.25, 0.3) is 0 Å². The molecule has 0 aromatic carbocycles. The molecule has 1 amide bonds. The molecule has 0 N–H and O–H groups in total. The topological polar surface area (TPSA) is 37.4 Å². The van der Waals surface area contributed by atoms with Crippen molar-refractivity contribution < 1.29 is 42.3 Å². The zero-order valence-corrected chi connectivity index (χ0v) is 9.51. The Morgan fingerprint density at radius 1 is 1.55 bits per heavy atom. The summed E-state index contributed by atoms with van der Waals surface area (Å²) in [7, 11) is 0. The molecule has 1 aliphatic rings. The van der Waals surface area contributed by atoms with Crippen LogP contribution in [0.1, 0.15) is 6.42 Å². The van der Waals surface area contributed by atoms with Gasteiger partial charge in [-0.25, -0.2) is 0 Å². The van der Waals surface area contributed by atoms with E-state index in [-0.39, 0.29) is 58.4 Å². The number of hydrogen-bond acceptors (Lipinski definition) is 2. The van der Waals surface area contributed by atoms with Crippen molar-refractivity contribution in [3.8, 4) is 0 Å². The van der Waals surface area contributed by atoms with Crippen molar-refractivity contribution in [1.29, 1.82) is 0 Å². The third-order valence-corrected chi connectivity index (χ3v) is 1.38. The summed E-state index contributed by atoms with van der Waals surface area (Å²) < 4.78 is 0. The molecule has 0 saturated carbocycles. The summed E-state index contributed by atoms with van der Waals surface area (Å²) in [5.41, 5.74) is 0. The summed E-state index contributed by atoms with van der Waals surface area (Å²) in [6.45, 7) is 4.01. The largest absolute Gasteiger partial charge is 0.360 e. The Kier molecular flexibility index (Phi) is 7.12. The Labute approximate surface area is 92.4 Å². The summed E-state index contributed by atoms with van der Waals surface area (Å²) in [5, 5.41) is 0. The van der Waals surface area contributed by atoms with Crippen LogP contribution in [0.2, 0.25) is 0 Å². The number of Topliss-reactive ketones (excluding diaryl/α,β-unsaturated/α-hetero) is 1. The molecule has 0 unspecified atom stereocenters. The zero-order chi connectivity index (χ0) is 6.85. The third kappa shape index (κ3) is 3.87. The molecule has 3 nitrogen and oxygen atoms in total. The van der Waals surface area contributed by atoms with Gasteiger partial charge < -0.3 is 24.0 Å². The van der Waals surface area contributed by atoms with E-state index < -0.39 is 0 Å². The van der Waals surface area contributed by atoms with Gasteiger partial charge in [-0.2, -0.15) is 0 Å². The number of ketones is 1. The molecule has 0 bridgehead atoms. The van der Waals surface area contributed by atoms with Gasteiger partial charge in [-0.05, 0) is 0 Å². The van der Waals surface area contributed by atoms with E-state index in [1.807, 2.05) is 0 Å². The monoisotopic (exact) mass is 230 g/mol. The van der Waals surface area contributed by atoms with Gasteiger partial charge in [-0.15, -0.1) is 0 Å². The second kappa shape index (κ2) is 5.72. The maximum absolute atomic E-state index is 10.5. The molecule has 1 radical (unpaired) electrons. The maximum Gasteiger partial charge on any atom is 0.153 e. The molecule has 0 spiro atoms. The van der Waals surface area contributed by atoms with Crippen LogP contribution in [0.15, 0.2) is 0 Å². The Morgan fingerprint density at radius 2 is 2.09 bits per heavy atom. The van der Waals surface area contributed by atoms with Crippen LogP contribution < -0.4 is 0 Å². The third-order valence-electron chi connectivity index (χ3n) is 1.38. The van der Waals surface area contributed by atoms with Gasteiger partial charge in [-0.1, -0.05) is 0 Å². The molecule has 0 atom stereocenters. The molecule has 1 saturated heterocycles. The van der Waals surface area contributed by atoms with E-state index in [4.69, 9.17) is 0 Å². The minimum absolute atomic E-state index is 0. The second-order valence-corrected chi connectivity index (χ2v) is 2.10. The van der Waals surface area contributed by atoms with E-state index in [0.717, 1.165) is 0 Å². The summed E-state index contributed by atoms with van der Waals surface area (Å²) in [4.78, 5) is 22.4. The van der Waals surface area contributed by atoms with Crippen LogP contribution in [0.5, 0.6) is 0 Å². The molecule has 1 rings (SSSR count). The van der Waals surface area contributed by atoms with Crippen LogP contribution in [-0.4, -0.2) is 29.7 Å². The summed E-state index contributed by atoms with van der Waals surface area (Å²) in [5.74, 6) is -0.118. The number of rotatable bonds is 0. The number of carbonyl (C=O) groups excluding carboxylic acids is 2. The van der Waals surface area contributed by atoms with Gasteiger partial charge in [0, 0.05) is 45.7 Å². The van der Waals surface area contributed by atoms with Gasteiger partial charge in [-0.3, -0.25) is 4.79 Å². The molecule has 0 aromatic rings. The minimum Gasteiger partial charge on any atom is -0.360 e. The van der Waals surface area contributed by atoms with Crippen LogP contribution in [-0.2, 0) is 42.3 Å². The predicted octanol–water partition coefficient (Wildman–Crippen LogP) is 0.0697. The first-order valence-corrected chi connectivity index (χ1v) is 2.82. The van der Waals surface area contributed by atoms with Crippen LogP contribution >= 0.6 is 0 Å². The summed E-state index contributed by atoms with van der Waals surface area (Å²) in [6, 6.07) is 0. The molecule has 11 heavy (non-hydrogen) atoms. The van der Waals surface area contributed by atoms with Crippen LogP contribution in [0, 0.1) is 14.4 Å². The Morgan fingerprint density at radius 3 is 2.27 bits per heavy atom. The summed E-state index contributed by atoms with van der Waals surface area (Å²) >= 11 is 0. The normalized spacial score (nSPS) is 15.3. The number of amides is 1. The molecular weight excluding hydrogens is 219 g/mol. The first-order chi connectivity index (χ1) is 4.20. The van der Waals surface area contributed by atoms with Crippen molar-refractivity contribution >= 4 is 11.7 Å². The predicted molar refractivity (Wildman–Crippen MR) is 38.0 cm³/mol. The van der Waals surface area contributed by atoms with E-state index in [9.17, 15) is 9.59 Å². The summed E-state index contributed by atoms with van der Waals surface area (Å²) in [6.07, 6.45) is 0.501. The van der Waals surface area contributed by atoms with Crippen LogP contribution in [0.25, 0.3) is 0 Å². The van der Waals surface area contributed by atoms with Crippen LogP contribution in [0.4, 0.5) is 0 Å². The van der Waals surface area contributed by atoms with Crippen molar-refractivity contribution in [3.05, 3.63) is 14.4 Å². The van der Waals surface area contributed by atoms with E-state index in [2.05, 4.69) is 6.92 Å².